The summed E-state index contributed by atoms with van der Waals surface area (Å²) in [5.74, 6) is 0.671. The average Bonchev–Trinajstić information content (AvgIpc) is 2.99. The van der Waals surface area contributed by atoms with Crippen LogP contribution >= 0.6 is 0 Å². The van der Waals surface area contributed by atoms with Gasteiger partial charge >= 0.3 is 0 Å². The van der Waals surface area contributed by atoms with Crippen molar-refractivity contribution in [3.05, 3.63) is 24.3 Å². The molecule has 1 saturated carbocycles. The first-order valence-corrected chi connectivity index (χ1v) is 8.50. The van der Waals surface area contributed by atoms with Crippen LogP contribution in [-0.4, -0.2) is 32.1 Å². The van der Waals surface area contributed by atoms with Crippen LogP contribution in [0.2, 0.25) is 0 Å². The highest BCUT2D eigenvalue weighted by Crippen LogP contribution is 2.32. The van der Waals surface area contributed by atoms with E-state index in [9.17, 15) is 4.79 Å². The summed E-state index contributed by atoms with van der Waals surface area (Å²) in [6, 6.07) is 8.78. The lowest BCUT2D eigenvalue weighted by atomic mass is 9.88. The molecule has 4 nitrogen and oxygen atoms in total. The molecule has 0 radical (unpaired) electrons. The van der Waals surface area contributed by atoms with E-state index < -0.39 is 0 Å². The summed E-state index contributed by atoms with van der Waals surface area (Å²) in [5.41, 5.74) is 2.09. The molecule has 1 aromatic rings. The minimum atomic E-state index is 0.0612. The van der Waals surface area contributed by atoms with Gasteiger partial charge < -0.3 is 15.5 Å². The summed E-state index contributed by atoms with van der Waals surface area (Å²) in [4.78, 5) is 14.8. The van der Waals surface area contributed by atoms with E-state index in [1.54, 1.807) is 0 Å². The van der Waals surface area contributed by atoms with Gasteiger partial charge in [0, 0.05) is 19.0 Å². The second kappa shape index (κ2) is 6.69. The first-order valence-electron chi connectivity index (χ1n) is 8.50. The SMILES string of the molecule is CC(C(=O)Nc1ccccc1N(C)C1CCCC1)C1CNC1. The highest BCUT2D eigenvalue weighted by Gasteiger charge is 2.29. The molecule has 1 aromatic carbocycles. The Labute approximate surface area is 133 Å². The number of nitrogens with zero attached hydrogens (tertiary/aromatic N) is 1. The lowest BCUT2D eigenvalue weighted by molar-refractivity contribution is -0.121. The van der Waals surface area contributed by atoms with E-state index >= 15 is 0 Å². The summed E-state index contributed by atoms with van der Waals surface area (Å²) >= 11 is 0. The van der Waals surface area contributed by atoms with E-state index in [0.29, 0.717) is 12.0 Å². The van der Waals surface area contributed by atoms with Crippen LogP contribution in [0.25, 0.3) is 0 Å². The summed E-state index contributed by atoms with van der Waals surface area (Å²) in [7, 11) is 2.15. The number of nitrogens with one attached hydrogen (secondary N) is 2. The van der Waals surface area contributed by atoms with E-state index in [-0.39, 0.29) is 11.8 Å². The summed E-state index contributed by atoms with van der Waals surface area (Å²) in [5, 5.41) is 6.39. The van der Waals surface area contributed by atoms with Gasteiger partial charge in [-0.25, -0.2) is 0 Å². The number of rotatable bonds is 5. The molecule has 1 amide bonds. The minimum absolute atomic E-state index is 0.0612. The van der Waals surface area contributed by atoms with Crippen molar-refractivity contribution in [2.45, 2.75) is 38.6 Å². The summed E-state index contributed by atoms with van der Waals surface area (Å²) < 4.78 is 0. The molecule has 3 rings (SSSR count). The van der Waals surface area contributed by atoms with Crippen LogP contribution in [0.1, 0.15) is 32.6 Å². The van der Waals surface area contributed by atoms with Crippen molar-refractivity contribution in [1.82, 2.24) is 5.32 Å². The topological polar surface area (TPSA) is 44.4 Å². The molecule has 120 valence electrons. The predicted molar refractivity (Wildman–Crippen MR) is 91.3 cm³/mol. The van der Waals surface area contributed by atoms with Crippen molar-refractivity contribution in [3.8, 4) is 0 Å². The van der Waals surface area contributed by atoms with Gasteiger partial charge in [-0.05, 0) is 44.0 Å². The van der Waals surface area contributed by atoms with Crippen LogP contribution in [0.3, 0.4) is 0 Å². The smallest absolute Gasteiger partial charge is 0.227 e. The minimum Gasteiger partial charge on any atom is -0.370 e. The maximum Gasteiger partial charge on any atom is 0.227 e. The van der Waals surface area contributed by atoms with Gasteiger partial charge in [-0.3, -0.25) is 4.79 Å². The molecule has 2 N–H and O–H groups in total. The highest BCUT2D eigenvalue weighted by atomic mass is 16.1. The molecule has 0 spiro atoms. The lowest BCUT2D eigenvalue weighted by Gasteiger charge is -2.32. The fraction of sp³-hybridized carbons (Fsp3) is 0.611. The number of hydrogen-bond acceptors (Lipinski definition) is 3. The molecule has 0 aromatic heterocycles. The van der Waals surface area contributed by atoms with Crippen molar-refractivity contribution in [2.75, 3.05) is 30.4 Å². The molecule has 1 atom stereocenters. The quantitative estimate of drug-likeness (QED) is 0.879. The number of carbonyl (C=O) groups excluding carboxylic acids is 1. The molecule has 22 heavy (non-hydrogen) atoms. The fourth-order valence-corrected chi connectivity index (χ4v) is 3.50. The highest BCUT2D eigenvalue weighted by molar-refractivity contribution is 5.95. The molecule has 0 bridgehead atoms. The first-order chi connectivity index (χ1) is 10.7. The molecular weight excluding hydrogens is 274 g/mol. The number of carbonyl (C=O) groups is 1. The van der Waals surface area contributed by atoms with Gasteiger partial charge in [0.05, 0.1) is 11.4 Å². The molecule has 1 heterocycles. The number of anilines is 2. The number of hydrogen-bond donors (Lipinski definition) is 2. The van der Waals surface area contributed by atoms with E-state index in [1.807, 2.05) is 19.1 Å². The third kappa shape index (κ3) is 3.12. The second-order valence-electron chi connectivity index (χ2n) is 6.76. The van der Waals surface area contributed by atoms with Crippen molar-refractivity contribution in [1.29, 1.82) is 0 Å². The Bertz CT molecular complexity index is 521. The van der Waals surface area contributed by atoms with Gasteiger partial charge in [-0.1, -0.05) is 31.9 Å². The van der Waals surface area contributed by atoms with Gasteiger partial charge in [0.1, 0.15) is 0 Å². The van der Waals surface area contributed by atoms with Crippen molar-refractivity contribution < 1.29 is 4.79 Å². The zero-order valence-corrected chi connectivity index (χ0v) is 13.6. The van der Waals surface area contributed by atoms with Crippen LogP contribution in [0.5, 0.6) is 0 Å². The summed E-state index contributed by atoms with van der Waals surface area (Å²) in [6.45, 7) is 3.94. The molecule has 2 aliphatic rings. The van der Waals surface area contributed by atoms with Gasteiger partial charge in [0.15, 0.2) is 0 Å². The molecule has 4 heteroatoms. The van der Waals surface area contributed by atoms with Crippen LogP contribution in [0.15, 0.2) is 24.3 Å². The van der Waals surface area contributed by atoms with Crippen LogP contribution < -0.4 is 15.5 Å². The number of amides is 1. The third-order valence-electron chi connectivity index (χ3n) is 5.35. The normalized spacial score (nSPS) is 20.5. The standard InChI is InChI=1S/C18H27N3O/c1-13(14-11-19-12-14)18(22)20-16-9-5-6-10-17(16)21(2)15-7-3-4-8-15/h5-6,9-10,13-15,19H,3-4,7-8,11-12H2,1-2H3,(H,20,22). The average molecular weight is 301 g/mol. The van der Waals surface area contributed by atoms with Crippen molar-refractivity contribution >= 4 is 17.3 Å². The van der Waals surface area contributed by atoms with Crippen LogP contribution in [-0.2, 0) is 4.79 Å². The lowest BCUT2D eigenvalue weighted by Crippen LogP contribution is -2.48. The van der Waals surface area contributed by atoms with Gasteiger partial charge in [-0.2, -0.15) is 0 Å². The van der Waals surface area contributed by atoms with Crippen LogP contribution in [0.4, 0.5) is 11.4 Å². The van der Waals surface area contributed by atoms with Gasteiger partial charge in [0.25, 0.3) is 0 Å². The molecule has 1 aliphatic heterocycles. The van der Waals surface area contributed by atoms with E-state index in [1.165, 1.54) is 25.7 Å². The van der Waals surface area contributed by atoms with Crippen LogP contribution in [0, 0.1) is 11.8 Å². The monoisotopic (exact) mass is 301 g/mol. The predicted octanol–water partition coefficient (Wildman–Crippen LogP) is 2.86. The van der Waals surface area contributed by atoms with E-state index in [4.69, 9.17) is 0 Å². The van der Waals surface area contributed by atoms with Crippen molar-refractivity contribution in [3.63, 3.8) is 0 Å². The first kappa shape index (κ1) is 15.3. The Hall–Kier alpha value is -1.55. The fourth-order valence-electron chi connectivity index (χ4n) is 3.50. The Balaban J connectivity index is 1.71. The molecule has 1 unspecified atom stereocenters. The molecule has 2 fully saturated rings. The largest absolute Gasteiger partial charge is 0.370 e. The zero-order valence-electron chi connectivity index (χ0n) is 13.6. The van der Waals surface area contributed by atoms with E-state index in [2.05, 4.69) is 34.7 Å². The Morgan fingerprint density at radius 3 is 2.59 bits per heavy atom. The molecule has 1 aliphatic carbocycles. The van der Waals surface area contributed by atoms with E-state index in [0.717, 1.165) is 24.5 Å². The maximum absolute atomic E-state index is 12.5. The number of para-hydroxylation sites is 2. The Morgan fingerprint density at radius 1 is 1.27 bits per heavy atom. The Kier molecular flexibility index (Phi) is 4.67. The second-order valence-corrected chi connectivity index (χ2v) is 6.76. The van der Waals surface area contributed by atoms with Gasteiger partial charge in [-0.15, -0.1) is 0 Å². The molecule has 1 saturated heterocycles. The number of benzene rings is 1. The third-order valence-corrected chi connectivity index (χ3v) is 5.35. The van der Waals surface area contributed by atoms with Gasteiger partial charge in [0.2, 0.25) is 5.91 Å². The van der Waals surface area contributed by atoms with Crippen molar-refractivity contribution in [2.24, 2.45) is 11.8 Å². The Morgan fingerprint density at radius 2 is 1.95 bits per heavy atom. The summed E-state index contributed by atoms with van der Waals surface area (Å²) in [6.07, 6.45) is 5.14. The molecular formula is C18H27N3O. The maximum atomic E-state index is 12.5. The zero-order chi connectivity index (χ0) is 15.5.